The zero-order valence-electron chi connectivity index (χ0n) is 13.9. The van der Waals surface area contributed by atoms with E-state index in [0.717, 1.165) is 55.6 Å². The second-order valence-electron chi connectivity index (χ2n) is 5.89. The first kappa shape index (κ1) is 17.3. The molecule has 0 unspecified atom stereocenters. The Morgan fingerprint density at radius 1 is 1.29 bits per heavy atom. The number of nitrogens with zero attached hydrogens (tertiary/aromatic N) is 4. The van der Waals surface area contributed by atoms with Crippen molar-refractivity contribution < 1.29 is 4.79 Å². The van der Waals surface area contributed by atoms with Crippen LogP contribution in [-0.2, 0) is 13.0 Å². The van der Waals surface area contributed by atoms with E-state index in [4.69, 9.17) is 0 Å². The van der Waals surface area contributed by atoms with Crippen molar-refractivity contribution >= 4 is 28.7 Å². The minimum absolute atomic E-state index is 0.0363. The van der Waals surface area contributed by atoms with Crippen LogP contribution in [0.25, 0.3) is 0 Å². The van der Waals surface area contributed by atoms with Crippen LogP contribution in [0.2, 0.25) is 0 Å². The van der Waals surface area contributed by atoms with Crippen molar-refractivity contribution in [1.82, 2.24) is 25.3 Å². The fourth-order valence-corrected chi connectivity index (χ4v) is 4.24. The van der Waals surface area contributed by atoms with Gasteiger partial charge in [0.25, 0.3) is 0 Å². The molecule has 3 rings (SSSR count). The van der Waals surface area contributed by atoms with Crippen LogP contribution in [0.15, 0.2) is 17.5 Å². The zero-order chi connectivity index (χ0) is 16.8. The molecule has 3 heterocycles. The molecule has 2 aromatic heterocycles. The molecule has 0 saturated carbocycles. The Bertz CT molecular complexity index is 643. The van der Waals surface area contributed by atoms with Gasteiger partial charge in [0, 0.05) is 50.6 Å². The summed E-state index contributed by atoms with van der Waals surface area (Å²) in [6.07, 6.45) is 1.77. The highest BCUT2D eigenvalue weighted by Crippen LogP contribution is 2.14. The molecule has 0 radical (unpaired) electrons. The molecule has 1 N–H and O–H groups in total. The smallest absolute Gasteiger partial charge is 0.317 e. The Kier molecular flexibility index (Phi) is 6.17. The van der Waals surface area contributed by atoms with Gasteiger partial charge in [-0.3, -0.25) is 4.90 Å². The summed E-state index contributed by atoms with van der Waals surface area (Å²) in [6.45, 7) is 7.14. The first-order chi connectivity index (χ1) is 11.7. The van der Waals surface area contributed by atoms with Crippen LogP contribution >= 0.6 is 22.7 Å². The molecule has 1 fully saturated rings. The van der Waals surface area contributed by atoms with Crippen LogP contribution in [0.3, 0.4) is 0 Å². The average Bonchev–Trinajstić information content (AvgIpc) is 3.15. The van der Waals surface area contributed by atoms with Gasteiger partial charge in [0.15, 0.2) is 0 Å². The summed E-state index contributed by atoms with van der Waals surface area (Å²) in [7, 11) is 0. The summed E-state index contributed by atoms with van der Waals surface area (Å²) in [5.41, 5.74) is 0. The van der Waals surface area contributed by atoms with E-state index >= 15 is 0 Å². The lowest BCUT2D eigenvalue weighted by Crippen LogP contribution is -2.42. The normalized spacial score (nSPS) is 16.1. The van der Waals surface area contributed by atoms with Gasteiger partial charge in [-0.15, -0.1) is 32.9 Å². The predicted octanol–water partition coefficient (Wildman–Crippen LogP) is 2.37. The molecule has 2 aromatic rings. The summed E-state index contributed by atoms with van der Waals surface area (Å²) in [5, 5.41) is 15.1. The van der Waals surface area contributed by atoms with E-state index in [0.29, 0.717) is 6.54 Å². The highest BCUT2D eigenvalue weighted by molar-refractivity contribution is 7.11. The molecule has 24 heavy (non-hydrogen) atoms. The summed E-state index contributed by atoms with van der Waals surface area (Å²) >= 11 is 3.38. The van der Waals surface area contributed by atoms with Gasteiger partial charge >= 0.3 is 6.03 Å². The molecule has 2 amide bonds. The molecule has 6 nitrogen and oxygen atoms in total. The molecule has 130 valence electrons. The number of carbonyl (C=O) groups excluding carboxylic acids is 1. The third-order valence-electron chi connectivity index (χ3n) is 4.02. The molecule has 8 heteroatoms. The maximum atomic E-state index is 12.3. The van der Waals surface area contributed by atoms with Crippen LogP contribution in [0.4, 0.5) is 4.79 Å². The van der Waals surface area contributed by atoms with Gasteiger partial charge in [0.2, 0.25) is 0 Å². The van der Waals surface area contributed by atoms with Crippen molar-refractivity contribution in [2.24, 2.45) is 0 Å². The summed E-state index contributed by atoms with van der Waals surface area (Å²) in [4.78, 5) is 18.1. The first-order valence-electron chi connectivity index (χ1n) is 8.27. The fraction of sp³-hybridized carbons (Fsp3) is 0.562. The van der Waals surface area contributed by atoms with E-state index in [2.05, 4.69) is 37.9 Å². The van der Waals surface area contributed by atoms with Gasteiger partial charge in [-0.25, -0.2) is 4.79 Å². The lowest BCUT2D eigenvalue weighted by Gasteiger charge is -2.22. The number of hydrogen-bond donors (Lipinski definition) is 1. The minimum atomic E-state index is 0.0363. The molecule has 1 aliphatic rings. The lowest BCUT2D eigenvalue weighted by molar-refractivity contribution is 0.198. The van der Waals surface area contributed by atoms with Crippen molar-refractivity contribution in [1.29, 1.82) is 0 Å². The maximum absolute atomic E-state index is 12.3. The van der Waals surface area contributed by atoms with E-state index in [1.54, 1.807) is 22.7 Å². The van der Waals surface area contributed by atoms with Gasteiger partial charge in [0.05, 0.1) is 0 Å². The van der Waals surface area contributed by atoms with E-state index in [9.17, 15) is 4.79 Å². The Morgan fingerprint density at radius 2 is 2.21 bits per heavy atom. The third-order valence-corrected chi connectivity index (χ3v) is 5.78. The van der Waals surface area contributed by atoms with Crippen molar-refractivity contribution in [2.45, 2.75) is 26.3 Å². The molecule has 0 bridgehead atoms. The van der Waals surface area contributed by atoms with E-state index in [-0.39, 0.29) is 6.03 Å². The number of amides is 2. The Balaban J connectivity index is 1.40. The van der Waals surface area contributed by atoms with E-state index in [1.165, 1.54) is 4.88 Å². The first-order valence-corrected chi connectivity index (χ1v) is 9.97. The highest BCUT2D eigenvalue weighted by Gasteiger charge is 2.19. The molecule has 0 aromatic carbocycles. The van der Waals surface area contributed by atoms with Crippen LogP contribution in [-0.4, -0.2) is 58.8 Å². The topological polar surface area (TPSA) is 61.4 Å². The maximum Gasteiger partial charge on any atom is 0.317 e. The van der Waals surface area contributed by atoms with Crippen molar-refractivity contribution in [3.63, 3.8) is 0 Å². The SMILES string of the molecule is Cc1nnc(CCNC(=O)N2CCCN(Cc3cccs3)CC2)s1. The Labute approximate surface area is 150 Å². The summed E-state index contributed by atoms with van der Waals surface area (Å²) < 4.78 is 0. The van der Waals surface area contributed by atoms with Crippen LogP contribution in [0, 0.1) is 6.92 Å². The molecular weight excluding hydrogens is 342 g/mol. The van der Waals surface area contributed by atoms with Gasteiger partial charge in [-0.05, 0) is 24.8 Å². The number of rotatable bonds is 5. The van der Waals surface area contributed by atoms with E-state index in [1.807, 2.05) is 11.8 Å². The van der Waals surface area contributed by atoms with Gasteiger partial charge in [-0.1, -0.05) is 6.07 Å². The minimum Gasteiger partial charge on any atom is -0.338 e. The Hall–Kier alpha value is -1.51. The quantitative estimate of drug-likeness (QED) is 0.884. The second-order valence-corrected chi connectivity index (χ2v) is 8.19. The molecule has 1 aliphatic heterocycles. The molecule has 0 atom stereocenters. The standard InChI is InChI=1S/C16H23N5OS2/c1-13-18-19-15(24-13)5-6-17-16(22)21-8-3-7-20(9-10-21)12-14-4-2-11-23-14/h2,4,11H,3,5-10,12H2,1H3,(H,17,22). The Morgan fingerprint density at radius 3 is 2.96 bits per heavy atom. The number of aromatic nitrogens is 2. The highest BCUT2D eigenvalue weighted by atomic mass is 32.1. The lowest BCUT2D eigenvalue weighted by atomic mass is 10.3. The number of thiophene rings is 1. The monoisotopic (exact) mass is 365 g/mol. The molecule has 0 spiro atoms. The van der Waals surface area contributed by atoms with Crippen molar-refractivity contribution in [3.05, 3.63) is 32.4 Å². The van der Waals surface area contributed by atoms with Gasteiger partial charge in [0.1, 0.15) is 10.0 Å². The van der Waals surface area contributed by atoms with Crippen molar-refractivity contribution in [2.75, 3.05) is 32.7 Å². The average molecular weight is 366 g/mol. The zero-order valence-corrected chi connectivity index (χ0v) is 15.5. The number of carbonyl (C=O) groups is 1. The fourth-order valence-electron chi connectivity index (χ4n) is 2.78. The summed E-state index contributed by atoms with van der Waals surface area (Å²) in [6, 6.07) is 4.31. The number of hydrogen-bond acceptors (Lipinski definition) is 6. The van der Waals surface area contributed by atoms with Gasteiger partial charge < -0.3 is 10.2 Å². The van der Waals surface area contributed by atoms with Crippen molar-refractivity contribution in [3.8, 4) is 0 Å². The molecule has 1 saturated heterocycles. The summed E-state index contributed by atoms with van der Waals surface area (Å²) in [5.74, 6) is 0. The second kappa shape index (κ2) is 8.55. The number of urea groups is 1. The number of aryl methyl sites for hydroxylation is 1. The van der Waals surface area contributed by atoms with Gasteiger partial charge in [-0.2, -0.15) is 0 Å². The largest absolute Gasteiger partial charge is 0.338 e. The van der Waals surface area contributed by atoms with Crippen LogP contribution in [0.5, 0.6) is 0 Å². The van der Waals surface area contributed by atoms with Crippen LogP contribution < -0.4 is 5.32 Å². The predicted molar refractivity (Wildman–Crippen MR) is 97.5 cm³/mol. The number of nitrogens with one attached hydrogen (secondary N) is 1. The van der Waals surface area contributed by atoms with E-state index < -0.39 is 0 Å². The molecular formula is C16H23N5OS2. The van der Waals surface area contributed by atoms with Crippen LogP contribution in [0.1, 0.15) is 21.3 Å². The third kappa shape index (κ3) is 4.99. The molecule has 0 aliphatic carbocycles.